The fraction of sp³-hybridized carbons (Fsp3) is 0.500. The van der Waals surface area contributed by atoms with Crippen LogP contribution in [0.3, 0.4) is 0 Å². The minimum absolute atomic E-state index is 0.200. The Morgan fingerprint density at radius 1 is 1.52 bits per heavy atom. The first-order chi connectivity index (χ1) is 10.2. The zero-order valence-electron chi connectivity index (χ0n) is 12.1. The molecule has 1 aliphatic heterocycles. The third-order valence-corrected chi connectivity index (χ3v) is 3.16. The van der Waals surface area contributed by atoms with Gasteiger partial charge >= 0.3 is 11.9 Å². The van der Waals surface area contributed by atoms with Crippen LogP contribution in [0.4, 0.5) is 5.82 Å². The standard InChI is InChI=1S/C14H18N2O5/c1-3-21-13(17)10-5-4-6-15-12(10)16-7-8-20-9-11(16)14(18)19-2/h4-6,11H,3,7-9H2,1-2H3. The van der Waals surface area contributed by atoms with Crippen LogP contribution in [0, 0.1) is 0 Å². The third-order valence-electron chi connectivity index (χ3n) is 3.16. The lowest BCUT2D eigenvalue weighted by atomic mass is 10.1. The zero-order chi connectivity index (χ0) is 15.2. The van der Waals surface area contributed by atoms with E-state index in [1.807, 2.05) is 0 Å². The molecule has 1 unspecified atom stereocenters. The fourth-order valence-corrected chi connectivity index (χ4v) is 2.18. The van der Waals surface area contributed by atoms with Crippen LogP contribution in [0.15, 0.2) is 18.3 Å². The van der Waals surface area contributed by atoms with Gasteiger partial charge in [0.2, 0.25) is 0 Å². The van der Waals surface area contributed by atoms with Gasteiger partial charge in [-0.2, -0.15) is 0 Å². The maximum absolute atomic E-state index is 12.0. The van der Waals surface area contributed by atoms with E-state index in [9.17, 15) is 9.59 Å². The Kier molecular flexibility index (Phi) is 5.10. The second kappa shape index (κ2) is 7.03. The number of esters is 2. The lowest BCUT2D eigenvalue weighted by molar-refractivity contribution is -0.144. The number of aromatic nitrogens is 1. The molecule has 0 saturated carbocycles. The van der Waals surface area contributed by atoms with Crippen LogP contribution in [0.1, 0.15) is 17.3 Å². The van der Waals surface area contributed by atoms with Gasteiger partial charge in [-0.05, 0) is 19.1 Å². The van der Waals surface area contributed by atoms with Gasteiger partial charge in [0.05, 0.1) is 26.9 Å². The SMILES string of the molecule is CCOC(=O)c1cccnc1N1CCOCC1C(=O)OC. The van der Waals surface area contributed by atoms with Crippen molar-refractivity contribution < 1.29 is 23.8 Å². The van der Waals surface area contributed by atoms with Gasteiger partial charge < -0.3 is 19.1 Å². The number of methoxy groups -OCH3 is 1. The molecule has 0 amide bonds. The van der Waals surface area contributed by atoms with E-state index in [1.165, 1.54) is 7.11 Å². The molecule has 0 bridgehead atoms. The monoisotopic (exact) mass is 294 g/mol. The van der Waals surface area contributed by atoms with E-state index in [4.69, 9.17) is 14.2 Å². The number of carbonyl (C=O) groups is 2. The highest BCUT2D eigenvalue weighted by molar-refractivity contribution is 5.95. The number of carbonyl (C=O) groups excluding carboxylic acids is 2. The Hall–Kier alpha value is -2.15. The first-order valence-electron chi connectivity index (χ1n) is 6.73. The predicted molar refractivity (Wildman–Crippen MR) is 74.2 cm³/mol. The van der Waals surface area contributed by atoms with Gasteiger partial charge in [0.1, 0.15) is 11.4 Å². The molecule has 1 aliphatic rings. The summed E-state index contributed by atoms with van der Waals surface area (Å²) in [7, 11) is 1.32. The van der Waals surface area contributed by atoms with Crippen molar-refractivity contribution in [2.45, 2.75) is 13.0 Å². The van der Waals surface area contributed by atoms with E-state index in [2.05, 4.69) is 4.98 Å². The highest BCUT2D eigenvalue weighted by Crippen LogP contribution is 2.23. The average Bonchev–Trinajstić information content (AvgIpc) is 2.54. The fourth-order valence-electron chi connectivity index (χ4n) is 2.18. The molecule has 7 heteroatoms. The number of hydrogen-bond acceptors (Lipinski definition) is 7. The first kappa shape index (κ1) is 15.2. The van der Waals surface area contributed by atoms with Crippen LogP contribution < -0.4 is 4.90 Å². The van der Waals surface area contributed by atoms with Crippen LogP contribution >= 0.6 is 0 Å². The van der Waals surface area contributed by atoms with Gasteiger partial charge in [-0.3, -0.25) is 0 Å². The van der Waals surface area contributed by atoms with Crippen LogP contribution in [0.25, 0.3) is 0 Å². The highest BCUT2D eigenvalue weighted by atomic mass is 16.5. The van der Waals surface area contributed by atoms with E-state index in [0.717, 1.165) is 0 Å². The van der Waals surface area contributed by atoms with E-state index < -0.39 is 18.0 Å². The molecule has 114 valence electrons. The molecule has 1 atom stereocenters. The summed E-state index contributed by atoms with van der Waals surface area (Å²) in [6, 6.07) is 2.67. The summed E-state index contributed by atoms with van der Waals surface area (Å²) in [6.45, 7) is 3.11. The van der Waals surface area contributed by atoms with Crippen molar-refractivity contribution in [2.75, 3.05) is 38.4 Å². The largest absolute Gasteiger partial charge is 0.467 e. The number of anilines is 1. The van der Waals surface area contributed by atoms with Crippen molar-refractivity contribution in [3.8, 4) is 0 Å². The number of pyridine rings is 1. The number of hydrogen-bond donors (Lipinski definition) is 0. The third kappa shape index (κ3) is 3.30. The predicted octanol–water partition coefficient (Wildman–Crippen LogP) is 0.636. The lowest BCUT2D eigenvalue weighted by Gasteiger charge is -2.35. The molecule has 0 radical (unpaired) electrons. The Labute approximate surface area is 122 Å². The van der Waals surface area contributed by atoms with E-state index >= 15 is 0 Å². The second-order valence-corrected chi connectivity index (χ2v) is 4.40. The first-order valence-corrected chi connectivity index (χ1v) is 6.73. The number of ether oxygens (including phenoxy) is 3. The maximum atomic E-state index is 12.0. The molecule has 0 aromatic carbocycles. The highest BCUT2D eigenvalue weighted by Gasteiger charge is 2.33. The second-order valence-electron chi connectivity index (χ2n) is 4.40. The van der Waals surface area contributed by atoms with Gasteiger partial charge in [-0.25, -0.2) is 14.6 Å². The summed E-state index contributed by atoms with van der Waals surface area (Å²) in [6.07, 6.45) is 1.57. The summed E-state index contributed by atoms with van der Waals surface area (Å²) in [5.74, 6) is -0.472. The molecule has 21 heavy (non-hydrogen) atoms. The van der Waals surface area contributed by atoms with Crippen LogP contribution in [0.2, 0.25) is 0 Å². The van der Waals surface area contributed by atoms with E-state index in [1.54, 1.807) is 30.2 Å². The summed E-state index contributed by atoms with van der Waals surface area (Å²) >= 11 is 0. The smallest absolute Gasteiger partial charge is 0.341 e. The molecule has 7 nitrogen and oxygen atoms in total. The lowest BCUT2D eigenvalue weighted by Crippen LogP contribution is -2.51. The summed E-state index contributed by atoms with van der Waals surface area (Å²) in [5.41, 5.74) is 0.329. The van der Waals surface area contributed by atoms with Crippen molar-refractivity contribution in [3.05, 3.63) is 23.9 Å². The van der Waals surface area contributed by atoms with Gasteiger partial charge in [-0.15, -0.1) is 0 Å². The number of rotatable bonds is 4. The Bertz CT molecular complexity index is 520. The molecule has 0 spiro atoms. The molecule has 1 aromatic heterocycles. The van der Waals surface area contributed by atoms with Crippen molar-refractivity contribution in [1.29, 1.82) is 0 Å². The van der Waals surface area contributed by atoms with E-state index in [0.29, 0.717) is 24.5 Å². The van der Waals surface area contributed by atoms with Gasteiger partial charge in [0.25, 0.3) is 0 Å². The van der Waals surface area contributed by atoms with Gasteiger partial charge in [-0.1, -0.05) is 0 Å². The van der Waals surface area contributed by atoms with Crippen molar-refractivity contribution in [2.24, 2.45) is 0 Å². The molecular weight excluding hydrogens is 276 g/mol. The van der Waals surface area contributed by atoms with Crippen molar-refractivity contribution in [3.63, 3.8) is 0 Å². The molecule has 0 N–H and O–H groups in total. The van der Waals surface area contributed by atoms with Gasteiger partial charge in [0.15, 0.2) is 6.04 Å². The summed E-state index contributed by atoms with van der Waals surface area (Å²) in [4.78, 5) is 29.8. The Morgan fingerprint density at radius 2 is 2.33 bits per heavy atom. The topological polar surface area (TPSA) is 78.0 Å². The quantitative estimate of drug-likeness (QED) is 0.754. The minimum atomic E-state index is -0.619. The molecule has 2 rings (SSSR count). The molecule has 1 saturated heterocycles. The van der Waals surface area contributed by atoms with Crippen molar-refractivity contribution >= 4 is 17.8 Å². The molecular formula is C14H18N2O5. The maximum Gasteiger partial charge on any atom is 0.341 e. The normalized spacial score (nSPS) is 18.2. The minimum Gasteiger partial charge on any atom is -0.467 e. The summed E-state index contributed by atoms with van der Waals surface area (Å²) in [5, 5.41) is 0. The molecule has 0 aliphatic carbocycles. The van der Waals surface area contributed by atoms with Crippen LogP contribution in [-0.2, 0) is 19.0 Å². The molecule has 1 aromatic rings. The number of nitrogens with zero attached hydrogens (tertiary/aromatic N) is 2. The molecule has 1 fully saturated rings. The van der Waals surface area contributed by atoms with E-state index in [-0.39, 0.29) is 13.2 Å². The Morgan fingerprint density at radius 3 is 3.05 bits per heavy atom. The van der Waals surface area contributed by atoms with Crippen LogP contribution in [-0.4, -0.2) is 56.4 Å². The Balaban J connectivity index is 2.34. The molecule has 2 heterocycles. The average molecular weight is 294 g/mol. The zero-order valence-corrected chi connectivity index (χ0v) is 12.1. The van der Waals surface area contributed by atoms with Gasteiger partial charge in [0, 0.05) is 12.7 Å². The number of morpholine rings is 1. The van der Waals surface area contributed by atoms with Crippen LogP contribution in [0.5, 0.6) is 0 Å². The van der Waals surface area contributed by atoms with Crippen molar-refractivity contribution in [1.82, 2.24) is 4.98 Å². The summed E-state index contributed by atoms with van der Waals surface area (Å²) < 4.78 is 15.1.